The molecule has 1 saturated heterocycles. The number of allylic oxidation sites excluding steroid dienone is 1. The Morgan fingerprint density at radius 1 is 1.41 bits per heavy atom. The van der Waals surface area contributed by atoms with Crippen LogP contribution in [-0.4, -0.2) is 15.7 Å². The maximum Gasteiger partial charge on any atom is 0.249 e. The van der Waals surface area contributed by atoms with Gasteiger partial charge in [0, 0.05) is 5.70 Å². The van der Waals surface area contributed by atoms with Crippen molar-refractivity contribution in [3.05, 3.63) is 42.0 Å². The molecule has 0 radical (unpaired) electrons. The monoisotopic (exact) mass is 301 g/mol. The summed E-state index contributed by atoms with van der Waals surface area (Å²) in [7, 11) is 0. The van der Waals surface area contributed by atoms with E-state index in [1.165, 1.54) is 4.68 Å². The summed E-state index contributed by atoms with van der Waals surface area (Å²) < 4.78 is 15.8. The van der Waals surface area contributed by atoms with E-state index in [-0.39, 0.29) is 11.3 Å². The van der Waals surface area contributed by atoms with Gasteiger partial charge >= 0.3 is 0 Å². The molecule has 22 heavy (non-hydrogen) atoms. The first-order valence-corrected chi connectivity index (χ1v) is 7.44. The van der Waals surface area contributed by atoms with Crippen LogP contribution in [0.3, 0.4) is 0 Å². The molecule has 0 bridgehead atoms. The molecule has 1 amide bonds. The van der Waals surface area contributed by atoms with Gasteiger partial charge in [0.05, 0.1) is 10.9 Å². The first kappa shape index (κ1) is 14.8. The molecule has 0 saturated carbocycles. The van der Waals surface area contributed by atoms with Gasteiger partial charge in [-0.25, -0.2) is 4.68 Å². The number of amides is 1. The Labute approximate surface area is 129 Å². The van der Waals surface area contributed by atoms with Gasteiger partial charge < -0.3 is 5.32 Å². The van der Waals surface area contributed by atoms with Crippen molar-refractivity contribution < 1.29 is 9.18 Å². The smallest absolute Gasteiger partial charge is 0.249 e. The van der Waals surface area contributed by atoms with Gasteiger partial charge in [0.2, 0.25) is 11.9 Å². The van der Waals surface area contributed by atoms with Crippen molar-refractivity contribution in [3.8, 4) is 0 Å². The van der Waals surface area contributed by atoms with E-state index < -0.39 is 12.0 Å². The first-order valence-electron chi connectivity index (χ1n) is 7.44. The molecule has 1 unspecified atom stereocenters. The molecule has 1 aromatic heterocycles. The molecule has 1 aromatic carbocycles. The van der Waals surface area contributed by atoms with Crippen LogP contribution in [0.1, 0.15) is 45.2 Å². The summed E-state index contributed by atoms with van der Waals surface area (Å²) in [5.41, 5.74) is 2.33. The summed E-state index contributed by atoms with van der Waals surface area (Å²) in [5, 5.41) is 7.15. The average Bonchev–Trinajstić information content (AvgIpc) is 2.75. The Hall–Kier alpha value is -2.17. The van der Waals surface area contributed by atoms with Gasteiger partial charge in [0.25, 0.3) is 0 Å². The fourth-order valence-electron chi connectivity index (χ4n) is 2.80. The van der Waals surface area contributed by atoms with Crippen molar-refractivity contribution in [2.75, 3.05) is 0 Å². The van der Waals surface area contributed by atoms with E-state index in [9.17, 15) is 9.18 Å². The summed E-state index contributed by atoms with van der Waals surface area (Å²) in [6.45, 7) is 10.0. The average molecular weight is 301 g/mol. The van der Waals surface area contributed by atoms with E-state index in [0.717, 1.165) is 5.56 Å². The Morgan fingerprint density at radius 3 is 2.77 bits per heavy atom. The van der Waals surface area contributed by atoms with Crippen molar-refractivity contribution in [1.29, 1.82) is 0 Å². The normalized spacial score (nSPS) is 19.5. The van der Waals surface area contributed by atoms with Crippen molar-refractivity contribution >= 4 is 16.8 Å². The van der Waals surface area contributed by atoms with Crippen LogP contribution in [0.15, 0.2) is 30.5 Å². The molecule has 1 atom stereocenters. The molecule has 1 aliphatic heterocycles. The van der Waals surface area contributed by atoms with Gasteiger partial charge in [-0.2, -0.15) is 4.39 Å². The Balaban J connectivity index is 2.09. The molecule has 1 aliphatic rings. The third kappa shape index (κ3) is 2.40. The van der Waals surface area contributed by atoms with Crippen LogP contribution in [0.2, 0.25) is 0 Å². The van der Waals surface area contributed by atoms with Crippen LogP contribution < -0.4 is 5.32 Å². The number of aromatic nitrogens is 2. The maximum absolute atomic E-state index is 14.3. The molecule has 1 fully saturated rings. The van der Waals surface area contributed by atoms with Crippen LogP contribution >= 0.6 is 0 Å². The van der Waals surface area contributed by atoms with E-state index >= 15 is 0 Å². The number of rotatable bonds is 1. The van der Waals surface area contributed by atoms with Gasteiger partial charge in [-0.3, -0.25) is 4.79 Å². The Bertz CT molecular complexity index is 770. The Morgan fingerprint density at radius 2 is 2.14 bits per heavy atom. The van der Waals surface area contributed by atoms with Crippen molar-refractivity contribution in [3.63, 3.8) is 0 Å². The number of hydrogen-bond donors (Lipinski definition) is 1. The van der Waals surface area contributed by atoms with Gasteiger partial charge in [0.15, 0.2) is 0 Å². The lowest BCUT2D eigenvalue weighted by Crippen LogP contribution is -2.36. The molecule has 2 aromatic rings. The number of carbonyl (C=O) groups excluding carboxylic acids is 1. The Kier molecular flexibility index (Phi) is 3.31. The van der Waals surface area contributed by atoms with Crippen LogP contribution in [-0.2, 0) is 10.2 Å². The lowest BCUT2D eigenvalue weighted by atomic mass is 9.86. The number of nitrogens with zero attached hydrogens (tertiary/aromatic N) is 2. The van der Waals surface area contributed by atoms with Gasteiger partial charge in [-0.1, -0.05) is 33.4 Å². The number of nitrogens with one attached hydrogen (secondary N) is 1. The zero-order valence-corrected chi connectivity index (χ0v) is 13.1. The second-order valence-corrected chi connectivity index (χ2v) is 6.86. The number of benzene rings is 1. The summed E-state index contributed by atoms with van der Waals surface area (Å²) in [6.07, 6.45) is 1.27. The highest BCUT2D eigenvalue weighted by molar-refractivity contribution is 5.87. The van der Waals surface area contributed by atoms with Crippen LogP contribution in [0.4, 0.5) is 4.39 Å². The predicted molar refractivity (Wildman–Crippen MR) is 83.9 cm³/mol. The van der Waals surface area contributed by atoms with E-state index in [1.54, 1.807) is 0 Å². The lowest BCUT2D eigenvalue weighted by Gasteiger charge is -2.24. The SMILES string of the molecule is C=C1CCC(n2nc(F)c3cc(C(C)(C)C)ccc32)C(=O)N1. The molecule has 1 N–H and O–H groups in total. The number of halogens is 1. The highest BCUT2D eigenvalue weighted by Gasteiger charge is 2.29. The van der Waals surface area contributed by atoms with Crippen LogP contribution in [0, 0.1) is 5.95 Å². The number of piperidine rings is 1. The molecule has 116 valence electrons. The fourth-order valence-corrected chi connectivity index (χ4v) is 2.80. The van der Waals surface area contributed by atoms with Crippen LogP contribution in [0.5, 0.6) is 0 Å². The molecule has 4 nitrogen and oxygen atoms in total. The number of hydrogen-bond acceptors (Lipinski definition) is 2. The summed E-state index contributed by atoms with van der Waals surface area (Å²) in [4.78, 5) is 12.1. The van der Waals surface area contributed by atoms with E-state index in [1.807, 2.05) is 18.2 Å². The third-order valence-electron chi connectivity index (χ3n) is 4.14. The van der Waals surface area contributed by atoms with Crippen molar-refractivity contribution in [2.24, 2.45) is 0 Å². The van der Waals surface area contributed by atoms with Gasteiger partial charge in [-0.15, -0.1) is 5.10 Å². The summed E-state index contributed by atoms with van der Waals surface area (Å²) >= 11 is 0. The third-order valence-corrected chi connectivity index (χ3v) is 4.14. The lowest BCUT2D eigenvalue weighted by molar-refractivity contribution is -0.125. The van der Waals surface area contributed by atoms with Gasteiger partial charge in [0.1, 0.15) is 6.04 Å². The fraction of sp³-hybridized carbons (Fsp3) is 0.412. The quantitative estimate of drug-likeness (QED) is 0.877. The predicted octanol–water partition coefficient (Wildman–Crippen LogP) is 3.44. The largest absolute Gasteiger partial charge is 0.329 e. The maximum atomic E-state index is 14.3. The minimum Gasteiger partial charge on any atom is -0.329 e. The van der Waals surface area contributed by atoms with Crippen molar-refractivity contribution in [1.82, 2.24) is 15.1 Å². The van der Waals surface area contributed by atoms with E-state index in [2.05, 4.69) is 37.8 Å². The second-order valence-electron chi connectivity index (χ2n) is 6.86. The van der Waals surface area contributed by atoms with Crippen LogP contribution in [0.25, 0.3) is 10.9 Å². The number of fused-ring (bicyclic) bond motifs is 1. The van der Waals surface area contributed by atoms with Crippen molar-refractivity contribution in [2.45, 2.75) is 45.1 Å². The minimum absolute atomic E-state index is 0.0668. The second kappa shape index (κ2) is 4.93. The standard InChI is InChI=1S/C17H20FN3O/c1-10-5-7-14(16(22)19-10)21-13-8-6-11(17(2,3)4)9-12(13)15(18)20-21/h6,8-9,14H,1,5,7H2,2-4H3,(H,19,22). The number of carbonyl (C=O) groups is 1. The van der Waals surface area contributed by atoms with E-state index in [0.29, 0.717) is 29.4 Å². The molecule has 5 heteroatoms. The summed E-state index contributed by atoms with van der Waals surface area (Å²) in [6, 6.07) is 5.16. The molecule has 2 heterocycles. The molecule has 3 rings (SSSR count). The van der Waals surface area contributed by atoms with Gasteiger partial charge in [-0.05, 0) is 36.0 Å². The topological polar surface area (TPSA) is 46.9 Å². The molecule has 0 spiro atoms. The minimum atomic E-state index is -0.529. The molecule has 0 aliphatic carbocycles. The zero-order chi connectivity index (χ0) is 16.1. The molecular weight excluding hydrogens is 281 g/mol. The highest BCUT2D eigenvalue weighted by atomic mass is 19.1. The summed E-state index contributed by atoms with van der Waals surface area (Å²) in [5.74, 6) is -0.709. The highest BCUT2D eigenvalue weighted by Crippen LogP contribution is 2.30. The zero-order valence-electron chi connectivity index (χ0n) is 13.1. The first-order chi connectivity index (χ1) is 10.3. The van der Waals surface area contributed by atoms with E-state index in [4.69, 9.17) is 0 Å². The molecular formula is C17H20FN3O.